The van der Waals surface area contributed by atoms with Crippen molar-refractivity contribution in [1.29, 1.82) is 0 Å². The standard InChI is InChI=1S/C15H33N3/c1-14(2,3)18-11-9-17(10-12-18)8-6-7-15(4,5)13-16/h6-13,16H2,1-5H3. The van der Waals surface area contributed by atoms with Crippen molar-refractivity contribution < 1.29 is 0 Å². The highest BCUT2D eigenvalue weighted by Gasteiger charge is 2.25. The lowest BCUT2D eigenvalue weighted by molar-refractivity contribution is 0.0604. The number of nitrogens with zero attached hydrogens (tertiary/aromatic N) is 2. The van der Waals surface area contributed by atoms with Gasteiger partial charge in [0.15, 0.2) is 0 Å². The second-order valence-corrected chi connectivity index (χ2v) is 7.47. The van der Waals surface area contributed by atoms with Crippen LogP contribution in [0.5, 0.6) is 0 Å². The summed E-state index contributed by atoms with van der Waals surface area (Å²) in [4.78, 5) is 5.20. The first-order valence-corrected chi connectivity index (χ1v) is 7.42. The van der Waals surface area contributed by atoms with Crippen molar-refractivity contribution in [1.82, 2.24) is 9.80 Å². The van der Waals surface area contributed by atoms with E-state index in [-0.39, 0.29) is 0 Å². The van der Waals surface area contributed by atoms with Crippen molar-refractivity contribution in [3.63, 3.8) is 0 Å². The molecule has 3 nitrogen and oxygen atoms in total. The van der Waals surface area contributed by atoms with Crippen molar-refractivity contribution >= 4 is 0 Å². The lowest BCUT2D eigenvalue weighted by Gasteiger charge is -2.42. The van der Waals surface area contributed by atoms with Crippen molar-refractivity contribution in [3.05, 3.63) is 0 Å². The maximum atomic E-state index is 5.77. The second-order valence-electron chi connectivity index (χ2n) is 7.47. The molecule has 1 aliphatic rings. The van der Waals surface area contributed by atoms with Crippen LogP contribution in [0.2, 0.25) is 0 Å². The molecule has 0 amide bonds. The Hall–Kier alpha value is -0.120. The van der Waals surface area contributed by atoms with Crippen LogP contribution < -0.4 is 5.73 Å². The molecule has 1 rings (SSSR count). The highest BCUT2D eigenvalue weighted by Crippen LogP contribution is 2.21. The molecule has 1 saturated heterocycles. The van der Waals surface area contributed by atoms with E-state index in [2.05, 4.69) is 44.4 Å². The van der Waals surface area contributed by atoms with E-state index in [0.29, 0.717) is 11.0 Å². The zero-order valence-electron chi connectivity index (χ0n) is 13.1. The minimum Gasteiger partial charge on any atom is -0.330 e. The Morgan fingerprint density at radius 2 is 1.50 bits per heavy atom. The maximum absolute atomic E-state index is 5.77. The van der Waals surface area contributed by atoms with Gasteiger partial charge in [0.05, 0.1) is 0 Å². The summed E-state index contributed by atoms with van der Waals surface area (Å²) in [7, 11) is 0. The Labute approximate surface area is 114 Å². The van der Waals surface area contributed by atoms with Gasteiger partial charge >= 0.3 is 0 Å². The molecular weight excluding hydrogens is 222 g/mol. The number of nitrogens with two attached hydrogens (primary N) is 1. The summed E-state index contributed by atoms with van der Waals surface area (Å²) in [5, 5.41) is 0. The number of hydrogen-bond donors (Lipinski definition) is 1. The topological polar surface area (TPSA) is 32.5 Å². The normalized spacial score (nSPS) is 20.3. The van der Waals surface area contributed by atoms with Gasteiger partial charge in [-0.15, -0.1) is 0 Å². The highest BCUT2D eigenvalue weighted by molar-refractivity contribution is 4.82. The summed E-state index contributed by atoms with van der Waals surface area (Å²) in [6, 6.07) is 0. The fraction of sp³-hybridized carbons (Fsp3) is 1.00. The van der Waals surface area contributed by atoms with Crippen LogP contribution in [0.3, 0.4) is 0 Å². The first-order valence-electron chi connectivity index (χ1n) is 7.42. The third-order valence-electron chi connectivity index (χ3n) is 4.20. The average molecular weight is 255 g/mol. The van der Waals surface area contributed by atoms with Crippen LogP contribution in [-0.2, 0) is 0 Å². The fourth-order valence-electron chi connectivity index (χ4n) is 2.53. The van der Waals surface area contributed by atoms with Crippen LogP contribution in [0.4, 0.5) is 0 Å². The van der Waals surface area contributed by atoms with Crippen molar-refractivity contribution in [2.45, 2.75) is 53.0 Å². The van der Waals surface area contributed by atoms with Crippen molar-refractivity contribution in [2.75, 3.05) is 39.3 Å². The van der Waals surface area contributed by atoms with Crippen LogP contribution >= 0.6 is 0 Å². The van der Waals surface area contributed by atoms with Crippen LogP contribution in [0.15, 0.2) is 0 Å². The van der Waals surface area contributed by atoms with Gasteiger partial charge in [0, 0.05) is 31.7 Å². The second kappa shape index (κ2) is 6.36. The molecule has 0 bridgehead atoms. The van der Waals surface area contributed by atoms with E-state index in [0.717, 1.165) is 6.54 Å². The predicted octanol–water partition coefficient (Wildman–Crippen LogP) is 2.17. The van der Waals surface area contributed by atoms with Gasteiger partial charge in [0.25, 0.3) is 0 Å². The molecule has 1 aliphatic heterocycles. The third-order valence-corrected chi connectivity index (χ3v) is 4.20. The Bertz CT molecular complexity index is 235. The molecular formula is C15H33N3. The molecule has 1 fully saturated rings. The van der Waals surface area contributed by atoms with E-state index in [4.69, 9.17) is 5.73 Å². The quantitative estimate of drug-likeness (QED) is 0.817. The van der Waals surface area contributed by atoms with Gasteiger partial charge in [-0.2, -0.15) is 0 Å². The van der Waals surface area contributed by atoms with Gasteiger partial charge in [0.2, 0.25) is 0 Å². The predicted molar refractivity (Wildman–Crippen MR) is 79.8 cm³/mol. The van der Waals surface area contributed by atoms with E-state index < -0.39 is 0 Å². The highest BCUT2D eigenvalue weighted by atomic mass is 15.3. The zero-order valence-corrected chi connectivity index (χ0v) is 13.1. The molecule has 0 radical (unpaired) electrons. The molecule has 0 aromatic carbocycles. The monoisotopic (exact) mass is 255 g/mol. The number of rotatable bonds is 5. The zero-order chi connectivity index (χ0) is 13.8. The Balaban J connectivity index is 2.20. The van der Waals surface area contributed by atoms with E-state index in [9.17, 15) is 0 Å². The van der Waals surface area contributed by atoms with E-state index >= 15 is 0 Å². The Morgan fingerprint density at radius 1 is 0.944 bits per heavy atom. The first kappa shape index (κ1) is 15.9. The number of hydrogen-bond acceptors (Lipinski definition) is 3. The summed E-state index contributed by atoms with van der Waals surface area (Å²) in [5.41, 5.74) is 6.41. The lowest BCUT2D eigenvalue weighted by atomic mass is 9.88. The summed E-state index contributed by atoms with van der Waals surface area (Å²) in [5.74, 6) is 0. The molecule has 2 N–H and O–H groups in total. The van der Waals surface area contributed by atoms with Gasteiger partial charge in [-0.3, -0.25) is 4.90 Å². The molecule has 0 atom stereocenters. The van der Waals surface area contributed by atoms with Gasteiger partial charge < -0.3 is 10.6 Å². The van der Waals surface area contributed by atoms with E-state index in [1.165, 1.54) is 45.6 Å². The largest absolute Gasteiger partial charge is 0.330 e. The third kappa shape index (κ3) is 5.25. The Morgan fingerprint density at radius 3 is 1.94 bits per heavy atom. The summed E-state index contributed by atoms with van der Waals surface area (Å²) < 4.78 is 0. The summed E-state index contributed by atoms with van der Waals surface area (Å²) >= 11 is 0. The van der Waals surface area contributed by atoms with E-state index in [1.807, 2.05) is 0 Å². The van der Waals surface area contributed by atoms with Crippen LogP contribution in [0, 0.1) is 5.41 Å². The molecule has 0 spiro atoms. The summed E-state index contributed by atoms with van der Waals surface area (Å²) in [6.45, 7) is 18.4. The lowest BCUT2D eigenvalue weighted by Crippen LogP contribution is -2.53. The van der Waals surface area contributed by atoms with Crippen LogP contribution in [0.1, 0.15) is 47.5 Å². The van der Waals surface area contributed by atoms with Crippen LogP contribution in [0.25, 0.3) is 0 Å². The molecule has 108 valence electrons. The van der Waals surface area contributed by atoms with Gasteiger partial charge in [-0.25, -0.2) is 0 Å². The molecule has 18 heavy (non-hydrogen) atoms. The Kier molecular flexibility index (Phi) is 5.63. The van der Waals surface area contributed by atoms with Crippen molar-refractivity contribution in [3.8, 4) is 0 Å². The van der Waals surface area contributed by atoms with Crippen LogP contribution in [-0.4, -0.2) is 54.6 Å². The van der Waals surface area contributed by atoms with E-state index in [1.54, 1.807) is 0 Å². The minimum atomic E-state index is 0.313. The molecule has 0 aromatic rings. The van der Waals surface area contributed by atoms with Gasteiger partial charge in [0.1, 0.15) is 0 Å². The molecule has 3 heteroatoms. The SMILES string of the molecule is CC(C)(CN)CCCN1CCN(C(C)(C)C)CC1. The smallest absolute Gasteiger partial charge is 0.0126 e. The molecule has 0 saturated carbocycles. The number of piperazine rings is 1. The molecule has 1 heterocycles. The average Bonchev–Trinajstić information content (AvgIpc) is 2.28. The first-order chi connectivity index (χ1) is 8.24. The molecule has 0 unspecified atom stereocenters. The van der Waals surface area contributed by atoms with Gasteiger partial charge in [-0.1, -0.05) is 13.8 Å². The fourth-order valence-corrected chi connectivity index (χ4v) is 2.53. The minimum absolute atomic E-state index is 0.313. The molecule has 0 aliphatic carbocycles. The maximum Gasteiger partial charge on any atom is 0.0126 e. The molecule has 0 aromatic heterocycles. The van der Waals surface area contributed by atoms with Crippen molar-refractivity contribution in [2.24, 2.45) is 11.1 Å². The summed E-state index contributed by atoms with van der Waals surface area (Å²) in [6.07, 6.45) is 2.52. The van der Waals surface area contributed by atoms with Gasteiger partial charge in [-0.05, 0) is 52.1 Å².